The maximum Gasteiger partial charge on any atom is 0.169 e. The summed E-state index contributed by atoms with van der Waals surface area (Å²) < 4.78 is 4.38. The van der Waals surface area contributed by atoms with Gasteiger partial charge in [-0.25, -0.2) is 4.57 Å². The van der Waals surface area contributed by atoms with Crippen molar-refractivity contribution in [2.75, 3.05) is 116 Å². The number of aromatic nitrogens is 1. The Morgan fingerprint density at radius 2 is 1.07 bits per heavy atom. The van der Waals surface area contributed by atoms with Gasteiger partial charge in [-0.3, -0.25) is 0 Å². The van der Waals surface area contributed by atoms with E-state index < -0.39 is 0 Å². The van der Waals surface area contributed by atoms with Crippen LogP contribution in [0.15, 0.2) is 103 Å². The molecule has 4 rings (SSSR count). The van der Waals surface area contributed by atoms with Gasteiger partial charge in [-0.1, -0.05) is 76.2 Å². The zero-order valence-electron chi connectivity index (χ0n) is 36.1. The monoisotopic (exact) mass is 798 g/mol. The summed E-state index contributed by atoms with van der Waals surface area (Å²) in [5, 5.41) is 0. The molecule has 0 amide bonds. The van der Waals surface area contributed by atoms with E-state index >= 15 is 0 Å². The van der Waals surface area contributed by atoms with Crippen molar-refractivity contribution < 1.29 is 13.5 Å². The second kappa shape index (κ2) is 23.7. The highest BCUT2D eigenvalue weighted by Crippen LogP contribution is 2.24. The average Bonchev–Trinajstić information content (AvgIpc) is 3.20. The molecule has 1 aliphatic heterocycles. The van der Waals surface area contributed by atoms with Crippen LogP contribution in [0.2, 0.25) is 0 Å². The van der Waals surface area contributed by atoms with Crippen LogP contribution < -0.4 is 14.4 Å². The van der Waals surface area contributed by atoms with E-state index in [1.165, 1.54) is 97.0 Å². The molecular weight excluding hydrogens is 725 g/mol. The molecular formula is C48H73N6S2+3. The van der Waals surface area contributed by atoms with Gasteiger partial charge in [0.2, 0.25) is 0 Å². The molecule has 1 aromatic heterocycles. The molecule has 304 valence electrons. The summed E-state index contributed by atoms with van der Waals surface area (Å²) >= 11 is 0. The Morgan fingerprint density at radius 3 is 1.50 bits per heavy atom. The number of anilines is 2. The number of benzene rings is 2. The Bertz CT molecular complexity index is 1680. The summed E-state index contributed by atoms with van der Waals surface area (Å²) in [4.78, 5) is 7.10. The van der Waals surface area contributed by atoms with E-state index in [2.05, 4.69) is 213 Å². The highest BCUT2D eigenvalue weighted by molar-refractivity contribution is 8.76. The minimum Gasteiger partial charge on any atom is -0.374 e. The smallest absolute Gasteiger partial charge is 0.169 e. The fourth-order valence-electron chi connectivity index (χ4n) is 6.93. The van der Waals surface area contributed by atoms with Gasteiger partial charge in [-0.15, -0.1) is 0 Å². The molecule has 8 heteroatoms. The van der Waals surface area contributed by atoms with Crippen molar-refractivity contribution in [2.24, 2.45) is 0 Å². The molecule has 0 aliphatic carbocycles. The largest absolute Gasteiger partial charge is 0.374 e. The lowest BCUT2D eigenvalue weighted by molar-refractivity contribution is -0.890. The number of hydrogen-bond donors (Lipinski definition) is 0. The van der Waals surface area contributed by atoms with E-state index in [-0.39, 0.29) is 0 Å². The molecule has 0 spiro atoms. The minimum absolute atomic E-state index is 0.995. The van der Waals surface area contributed by atoms with E-state index in [0.717, 1.165) is 41.7 Å². The van der Waals surface area contributed by atoms with Crippen molar-refractivity contribution in [1.29, 1.82) is 0 Å². The summed E-state index contributed by atoms with van der Waals surface area (Å²) in [6.07, 6.45) is 24.7. The Labute approximate surface area is 349 Å². The third kappa shape index (κ3) is 17.0. The molecule has 0 bridgehead atoms. The van der Waals surface area contributed by atoms with Crippen molar-refractivity contribution in [1.82, 2.24) is 4.90 Å². The van der Waals surface area contributed by atoms with Crippen LogP contribution in [-0.2, 0) is 6.54 Å². The molecule has 56 heavy (non-hydrogen) atoms. The molecule has 3 aromatic rings. The molecule has 2 heterocycles. The molecule has 0 saturated carbocycles. The van der Waals surface area contributed by atoms with Crippen molar-refractivity contribution in [2.45, 2.75) is 46.1 Å². The van der Waals surface area contributed by atoms with Gasteiger partial charge in [0.15, 0.2) is 12.4 Å². The summed E-state index contributed by atoms with van der Waals surface area (Å²) in [7, 11) is 18.2. The predicted octanol–water partition coefficient (Wildman–Crippen LogP) is 9.62. The van der Waals surface area contributed by atoms with Crippen LogP contribution in [0.25, 0.3) is 18.2 Å². The second-order valence-corrected chi connectivity index (χ2v) is 19.3. The van der Waals surface area contributed by atoms with Crippen LogP contribution in [0.1, 0.15) is 56.2 Å². The third-order valence-corrected chi connectivity index (χ3v) is 13.5. The van der Waals surface area contributed by atoms with Gasteiger partial charge in [0.25, 0.3) is 0 Å². The summed E-state index contributed by atoms with van der Waals surface area (Å²) in [5.74, 6) is 2.48. The van der Waals surface area contributed by atoms with E-state index in [9.17, 15) is 0 Å². The van der Waals surface area contributed by atoms with Crippen LogP contribution in [0, 0.1) is 0 Å². The minimum atomic E-state index is 0.995. The van der Waals surface area contributed by atoms with E-state index in [1.54, 1.807) is 0 Å². The molecule has 0 fully saturated rings. The number of quaternary nitrogens is 2. The average molecular weight is 798 g/mol. The van der Waals surface area contributed by atoms with Crippen molar-refractivity contribution in [3.63, 3.8) is 0 Å². The number of likely N-dealkylation sites (N-methyl/N-ethyl adjacent to an activating group) is 1. The zero-order valence-corrected chi connectivity index (χ0v) is 37.7. The molecule has 0 radical (unpaired) electrons. The number of aryl methyl sites for hydroxylation is 1. The van der Waals surface area contributed by atoms with Gasteiger partial charge in [0.05, 0.1) is 54.4 Å². The predicted molar refractivity (Wildman–Crippen MR) is 251 cm³/mol. The molecule has 6 nitrogen and oxygen atoms in total. The Kier molecular flexibility index (Phi) is 19.2. The first-order valence-electron chi connectivity index (χ1n) is 20.9. The highest BCUT2D eigenvalue weighted by atomic mass is 33.1. The summed E-state index contributed by atoms with van der Waals surface area (Å²) in [6, 6.07) is 22.3. The number of allylic oxidation sites excluding steroid dienone is 3. The third-order valence-electron chi connectivity index (χ3n) is 10.9. The lowest BCUT2D eigenvalue weighted by Crippen LogP contribution is -2.42. The Balaban J connectivity index is 1.01. The fraction of sp³-hybridized carbons (Fsp3) is 0.479. The van der Waals surface area contributed by atoms with Gasteiger partial charge in [-0.2, -0.15) is 0 Å². The lowest BCUT2D eigenvalue weighted by atomic mass is 10.1. The van der Waals surface area contributed by atoms with E-state index in [4.69, 9.17) is 0 Å². The van der Waals surface area contributed by atoms with Crippen LogP contribution >= 0.6 is 21.6 Å². The maximum absolute atomic E-state index is 2.40. The Hall–Kier alpha value is -3.43. The normalized spacial score (nSPS) is 13.6. The fourth-order valence-corrected chi connectivity index (χ4v) is 9.07. The van der Waals surface area contributed by atoms with Gasteiger partial charge >= 0.3 is 0 Å². The molecule has 0 N–H and O–H groups in total. The topological polar surface area (TPSA) is 13.6 Å². The van der Waals surface area contributed by atoms with Crippen molar-refractivity contribution in [3.05, 3.63) is 120 Å². The molecule has 2 aromatic carbocycles. The second-order valence-electron chi connectivity index (χ2n) is 16.6. The van der Waals surface area contributed by atoms with Crippen molar-refractivity contribution in [3.8, 4) is 0 Å². The van der Waals surface area contributed by atoms with Crippen LogP contribution in [0.3, 0.4) is 0 Å². The maximum atomic E-state index is 2.40. The van der Waals surface area contributed by atoms with Gasteiger partial charge in [0, 0.05) is 101 Å². The highest BCUT2D eigenvalue weighted by Gasteiger charge is 2.16. The lowest BCUT2D eigenvalue weighted by Gasteiger charge is -2.31. The molecule has 0 atom stereocenters. The SMILES string of the molecule is CCN1C=CC(/C=C/c2ccc(N(C)CCC[N+](C)(C)CCCSSCCC[N+](C)(C)CCCN(C)c3ccc(/C=C/c4cc[n+](CC)cc4)cc3)cc2)=CC1. The molecule has 0 saturated heterocycles. The molecule has 1 aliphatic rings. The number of nitrogens with zero attached hydrogens (tertiary/aromatic N) is 6. The van der Waals surface area contributed by atoms with Crippen LogP contribution in [-0.4, -0.2) is 120 Å². The van der Waals surface area contributed by atoms with Crippen LogP contribution in [0.5, 0.6) is 0 Å². The summed E-state index contributed by atoms with van der Waals surface area (Å²) in [5.41, 5.74) is 7.57. The first-order chi connectivity index (χ1) is 26.9. The summed E-state index contributed by atoms with van der Waals surface area (Å²) in [6.45, 7) is 14.5. The van der Waals surface area contributed by atoms with Gasteiger partial charge < -0.3 is 23.7 Å². The van der Waals surface area contributed by atoms with Gasteiger partial charge in [0.1, 0.15) is 6.54 Å². The first kappa shape index (κ1) is 45.3. The first-order valence-corrected chi connectivity index (χ1v) is 23.4. The number of pyridine rings is 1. The number of rotatable bonds is 25. The van der Waals surface area contributed by atoms with Crippen molar-refractivity contribution >= 4 is 51.2 Å². The Morgan fingerprint density at radius 1 is 0.625 bits per heavy atom. The molecule has 0 unspecified atom stereocenters. The van der Waals surface area contributed by atoms with Crippen LogP contribution in [0.4, 0.5) is 11.4 Å². The zero-order chi connectivity index (χ0) is 40.2. The van der Waals surface area contributed by atoms with E-state index in [1.807, 2.05) is 0 Å². The van der Waals surface area contributed by atoms with E-state index in [0.29, 0.717) is 0 Å². The quantitative estimate of drug-likeness (QED) is 0.0366. The van der Waals surface area contributed by atoms with Gasteiger partial charge in [-0.05, 0) is 72.7 Å². The number of hydrogen-bond acceptors (Lipinski definition) is 5. The standard InChI is InChI=1S/C48H73N6S2/c1-9-51-33-27-45(28-34-51)17-15-43-19-23-47(24-20-43)49(3)31-11-37-53(5,6)39-13-41-55-56-42-14-40-54(7,8)38-12-32-50(4)48-25-21-44(22-26-48)16-18-46-29-35-52(10-2)36-30-46/h15-30,33-35H,9-14,31-32,36-42H2,1-8H3/q+3/b18-16+.